The minimum atomic E-state index is -4.87. The second-order valence-electron chi connectivity index (χ2n) is 5.32. The molecule has 24 heavy (non-hydrogen) atoms. The molecule has 0 aromatic heterocycles. The zero-order valence-corrected chi connectivity index (χ0v) is 13.6. The van der Waals surface area contributed by atoms with Gasteiger partial charge in [0, 0.05) is 15.8 Å². The molecule has 7 heteroatoms. The highest BCUT2D eigenvalue weighted by molar-refractivity contribution is 7.99. The summed E-state index contributed by atoms with van der Waals surface area (Å²) in [5, 5.41) is 11.4. The van der Waals surface area contributed by atoms with Gasteiger partial charge in [-0.1, -0.05) is 30.0 Å². The van der Waals surface area contributed by atoms with E-state index < -0.39 is 18.1 Å². The maximum absolute atomic E-state index is 12.2. The van der Waals surface area contributed by atoms with Crippen LogP contribution in [0.2, 0.25) is 0 Å². The van der Waals surface area contributed by atoms with Gasteiger partial charge in [0.25, 0.3) is 0 Å². The van der Waals surface area contributed by atoms with E-state index in [0.29, 0.717) is 6.42 Å². The van der Waals surface area contributed by atoms with Crippen LogP contribution in [0.4, 0.5) is 13.2 Å². The molecule has 0 spiro atoms. The summed E-state index contributed by atoms with van der Waals surface area (Å²) in [6.45, 7) is 1.53. The summed E-state index contributed by atoms with van der Waals surface area (Å²) in [6.07, 6.45) is -4.56. The van der Waals surface area contributed by atoms with E-state index in [9.17, 15) is 23.1 Å². The normalized spacial score (nSPS) is 12.7. The van der Waals surface area contributed by atoms with E-state index >= 15 is 0 Å². The molecule has 0 aliphatic rings. The van der Waals surface area contributed by atoms with Gasteiger partial charge >= 0.3 is 12.1 Å². The highest BCUT2D eigenvalue weighted by Gasteiger charge is 2.39. The van der Waals surface area contributed by atoms with Gasteiger partial charge < -0.3 is 10.4 Å². The smallest absolute Gasteiger partial charge is 0.471 e. The van der Waals surface area contributed by atoms with Gasteiger partial charge in [0.1, 0.15) is 5.75 Å². The third-order valence-electron chi connectivity index (χ3n) is 3.15. The summed E-state index contributed by atoms with van der Waals surface area (Å²) in [5.41, 5.74) is 0.824. The average molecular weight is 355 g/mol. The molecule has 2 aromatic carbocycles. The number of carbonyl (C=O) groups excluding carboxylic acids is 1. The number of rotatable bonds is 5. The monoisotopic (exact) mass is 355 g/mol. The van der Waals surface area contributed by atoms with Gasteiger partial charge in [-0.05, 0) is 49.2 Å². The molecular weight excluding hydrogens is 339 g/mol. The standard InChI is InChI=1S/C17H16F3NO2S/c1-11(21-16(23)17(18,19)20)9-12-5-7-14(8-6-12)24-15-4-2-3-13(22)10-15/h2-8,10-11,22H,9H2,1H3,(H,21,23). The molecule has 0 saturated heterocycles. The Balaban J connectivity index is 1.93. The Labute approximate surface area is 141 Å². The zero-order chi connectivity index (χ0) is 17.7. The number of nitrogens with one attached hydrogen (secondary N) is 1. The molecule has 0 saturated carbocycles. The van der Waals surface area contributed by atoms with Crippen molar-refractivity contribution in [3.8, 4) is 5.75 Å². The molecule has 0 radical (unpaired) electrons. The summed E-state index contributed by atoms with van der Waals surface area (Å²) in [6, 6.07) is 13.5. The first-order valence-corrected chi connectivity index (χ1v) is 7.99. The predicted molar refractivity (Wildman–Crippen MR) is 86.0 cm³/mol. The average Bonchev–Trinajstić information content (AvgIpc) is 2.48. The Morgan fingerprint density at radius 3 is 2.42 bits per heavy atom. The fourth-order valence-electron chi connectivity index (χ4n) is 2.09. The Morgan fingerprint density at radius 1 is 1.17 bits per heavy atom. The first kappa shape index (κ1) is 18.2. The van der Waals surface area contributed by atoms with Crippen molar-refractivity contribution in [2.45, 2.75) is 35.4 Å². The minimum Gasteiger partial charge on any atom is -0.508 e. The number of carbonyl (C=O) groups is 1. The molecule has 0 aliphatic heterocycles. The van der Waals surface area contributed by atoms with Crippen molar-refractivity contribution in [3.05, 3.63) is 54.1 Å². The summed E-state index contributed by atoms with van der Waals surface area (Å²) < 4.78 is 36.6. The lowest BCUT2D eigenvalue weighted by Crippen LogP contribution is -2.42. The van der Waals surface area contributed by atoms with E-state index in [1.54, 1.807) is 30.3 Å². The molecule has 0 aliphatic carbocycles. The number of phenols is 1. The van der Waals surface area contributed by atoms with Gasteiger partial charge in [0.15, 0.2) is 0 Å². The zero-order valence-electron chi connectivity index (χ0n) is 12.8. The van der Waals surface area contributed by atoms with Crippen LogP contribution in [0.5, 0.6) is 5.75 Å². The molecule has 3 nitrogen and oxygen atoms in total. The second kappa shape index (κ2) is 7.61. The first-order valence-electron chi connectivity index (χ1n) is 7.17. The van der Waals surface area contributed by atoms with Crippen LogP contribution in [-0.2, 0) is 11.2 Å². The molecule has 0 bridgehead atoms. The molecule has 1 amide bonds. The summed E-state index contributed by atoms with van der Waals surface area (Å²) in [7, 11) is 0. The summed E-state index contributed by atoms with van der Waals surface area (Å²) >= 11 is 1.46. The highest BCUT2D eigenvalue weighted by Crippen LogP contribution is 2.29. The number of hydrogen-bond donors (Lipinski definition) is 2. The van der Waals surface area contributed by atoms with Crippen molar-refractivity contribution in [2.75, 3.05) is 0 Å². The number of halogens is 3. The fourth-order valence-corrected chi connectivity index (χ4v) is 2.96. The van der Waals surface area contributed by atoms with E-state index in [1.807, 2.05) is 23.5 Å². The molecule has 2 N–H and O–H groups in total. The van der Waals surface area contributed by atoms with E-state index in [0.717, 1.165) is 15.4 Å². The van der Waals surface area contributed by atoms with Gasteiger partial charge in [-0.2, -0.15) is 13.2 Å². The second-order valence-corrected chi connectivity index (χ2v) is 6.47. The van der Waals surface area contributed by atoms with Crippen molar-refractivity contribution < 1.29 is 23.1 Å². The van der Waals surface area contributed by atoms with Crippen molar-refractivity contribution in [1.82, 2.24) is 5.32 Å². The van der Waals surface area contributed by atoms with Crippen LogP contribution < -0.4 is 5.32 Å². The molecular formula is C17H16F3NO2S. The number of phenolic OH excluding ortho intramolecular Hbond substituents is 1. The molecule has 2 rings (SSSR count). The lowest BCUT2D eigenvalue weighted by Gasteiger charge is -2.15. The first-order chi connectivity index (χ1) is 11.2. The van der Waals surface area contributed by atoms with E-state index in [1.165, 1.54) is 18.7 Å². The molecule has 1 atom stereocenters. The molecule has 0 fully saturated rings. The maximum Gasteiger partial charge on any atom is 0.471 e. The van der Waals surface area contributed by atoms with E-state index in [-0.39, 0.29) is 5.75 Å². The minimum absolute atomic E-state index is 0.186. The van der Waals surface area contributed by atoms with Gasteiger partial charge in [0.05, 0.1) is 0 Å². The van der Waals surface area contributed by atoms with Crippen LogP contribution in [0.3, 0.4) is 0 Å². The molecule has 1 unspecified atom stereocenters. The number of alkyl halides is 3. The third kappa shape index (κ3) is 5.49. The number of benzene rings is 2. The fraction of sp³-hybridized carbons (Fsp3) is 0.235. The Kier molecular flexibility index (Phi) is 5.77. The molecule has 0 heterocycles. The van der Waals surface area contributed by atoms with Crippen LogP contribution in [0, 0.1) is 0 Å². The third-order valence-corrected chi connectivity index (χ3v) is 4.15. The quantitative estimate of drug-likeness (QED) is 0.847. The van der Waals surface area contributed by atoms with E-state index in [4.69, 9.17) is 0 Å². The maximum atomic E-state index is 12.2. The van der Waals surface area contributed by atoms with Crippen LogP contribution in [-0.4, -0.2) is 23.2 Å². The highest BCUT2D eigenvalue weighted by atomic mass is 32.2. The Hall–Kier alpha value is -2.15. The van der Waals surface area contributed by atoms with Gasteiger partial charge in [-0.25, -0.2) is 0 Å². The summed E-state index contributed by atoms with van der Waals surface area (Å²) in [4.78, 5) is 12.7. The van der Waals surface area contributed by atoms with Gasteiger partial charge in [-0.3, -0.25) is 4.79 Å². The lowest BCUT2D eigenvalue weighted by atomic mass is 10.1. The SMILES string of the molecule is CC(Cc1ccc(Sc2cccc(O)c2)cc1)NC(=O)C(F)(F)F. The Bertz CT molecular complexity index is 702. The van der Waals surface area contributed by atoms with E-state index in [2.05, 4.69) is 0 Å². The van der Waals surface area contributed by atoms with Crippen molar-refractivity contribution in [1.29, 1.82) is 0 Å². The lowest BCUT2D eigenvalue weighted by molar-refractivity contribution is -0.174. The molecule has 128 valence electrons. The largest absolute Gasteiger partial charge is 0.508 e. The van der Waals surface area contributed by atoms with Gasteiger partial charge in [0.2, 0.25) is 0 Å². The number of amides is 1. The predicted octanol–water partition coefficient (Wildman–Crippen LogP) is 4.15. The van der Waals surface area contributed by atoms with Crippen molar-refractivity contribution >= 4 is 17.7 Å². The van der Waals surface area contributed by atoms with Crippen molar-refractivity contribution in [2.24, 2.45) is 0 Å². The molecule has 2 aromatic rings. The number of aromatic hydroxyl groups is 1. The van der Waals surface area contributed by atoms with Crippen LogP contribution >= 0.6 is 11.8 Å². The van der Waals surface area contributed by atoms with Crippen LogP contribution in [0.25, 0.3) is 0 Å². The summed E-state index contributed by atoms with van der Waals surface area (Å²) in [5.74, 6) is -1.74. The topological polar surface area (TPSA) is 49.3 Å². The number of hydrogen-bond acceptors (Lipinski definition) is 3. The van der Waals surface area contributed by atoms with Gasteiger partial charge in [-0.15, -0.1) is 0 Å². The van der Waals surface area contributed by atoms with Crippen molar-refractivity contribution in [3.63, 3.8) is 0 Å². The Morgan fingerprint density at radius 2 is 1.83 bits per heavy atom. The van der Waals surface area contributed by atoms with Crippen LogP contribution in [0.15, 0.2) is 58.3 Å². The van der Waals surface area contributed by atoms with Crippen LogP contribution in [0.1, 0.15) is 12.5 Å².